The van der Waals surface area contributed by atoms with Crippen LogP contribution in [0.4, 0.5) is 22.7 Å². The van der Waals surface area contributed by atoms with Crippen molar-refractivity contribution in [2.45, 2.75) is 37.4 Å². The van der Waals surface area contributed by atoms with Gasteiger partial charge in [-0.05, 0) is 137 Å². The van der Waals surface area contributed by atoms with E-state index < -0.39 is 0 Å². The number of hydrogen-bond donors (Lipinski definition) is 2. The van der Waals surface area contributed by atoms with Gasteiger partial charge in [0.25, 0.3) is 0 Å². The summed E-state index contributed by atoms with van der Waals surface area (Å²) in [7, 11) is 20.4. The van der Waals surface area contributed by atoms with Crippen LogP contribution in [0, 0.1) is 5.41 Å². The molecular formula is C54H63N6OS2+. The van der Waals surface area contributed by atoms with Crippen LogP contribution in [0.5, 0.6) is 0 Å². The monoisotopic (exact) mass is 875 g/mol. The molecule has 7 nitrogen and oxygen atoms in total. The van der Waals surface area contributed by atoms with Crippen molar-refractivity contribution >= 4 is 72.8 Å². The van der Waals surface area contributed by atoms with Crippen LogP contribution in [0.2, 0.25) is 0 Å². The summed E-state index contributed by atoms with van der Waals surface area (Å²) >= 11 is 0. The Morgan fingerprint density at radius 1 is 0.603 bits per heavy atom. The predicted molar refractivity (Wildman–Crippen MR) is 278 cm³/mol. The van der Waals surface area contributed by atoms with Crippen LogP contribution in [-0.4, -0.2) is 89.3 Å². The molecular weight excluding hydrogens is 813 g/mol. The number of amides is 1. The predicted octanol–water partition coefficient (Wildman–Crippen LogP) is 11.8. The second-order valence-electron chi connectivity index (χ2n) is 16.8. The number of benzene rings is 4. The Hall–Kier alpha value is -5.77. The molecule has 4 aromatic rings. The van der Waals surface area contributed by atoms with Gasteiger partial charge in [-0.25, -0.2) is 4.58 Å². The summed E-state index contributed by atoms with van der Waals surface area (Å²) in [6.07, 6.45) is 21.6. The van der Waals surface area contributed by atoms with Gasteiger partial charge in [-0.2, -0.15) is 0 Å². The minimum atomic E-state index is 0.101. The Kier molecular flexibility index (Phi) is 16.7. The second-order valence-corrected chi connectivity index (χ2v) is 19.6. The molecule has 1 atom stereocenters. The summed E-state index contributed by atoms with van der Waals surface area (Å²) < 4.78 is 2.11. The molecule has 0 aromatic heterocycles. The average Bonchev–Trinajstić information content (AvgIpc) is 3.81. The van der Waals surface area contributed by atoms with Gasteiger partial charge in [0, 0.05) is 94.6 Å². The molecule has 7 rings (SSSR count). The largest absolute Gasteiger partial charge is 0.378 e. The lowest BCUT2D eigenvalue weighted by molar-refractivity contribution is -0.462. The summed E-state index contributed by atoms with van der Waals surface area (Å²) in [5.74, 6) is 1.37. The zero-order valence-corrected chi connectivity index (χ0v) is 39.8. The summed E-state index contributed by atoms with van der Waals surface area (Å²) in [6.45, 7) is 0. The molecule has 2 N–H and O–H groups in total. The van der Waals surface area contributed by atoms with Gasteiger partial charge in [0.1, 0.15) is 14.1 Å². The smallest absolute Gasteiger partial charge is 0.224 e. The van der Waals surface area contributed by atoms with E-state index in [1.807, 2.05) is 86.2 Å². The third-order valence-electron chi connectivity index (χ3n) is 11.2. The van der Waals surface area contributed by atoms with Crippen molar-refractivity contribution in [2.75, 3.05) is 82.2 Å². The molecule has 1 saturated heterocycles. The minimum absolute atomic E-state index is 0.101. The molecule has 63 heavy (non-hydrogen) atoms. The zero-order valence-electron chi connectivity index (χ0n) is 38.2. The van der Waals surface area contributed by atoms with E-state index in [1.54, 1.807) is 0 Å². The molecule has 1 amide bonds. The number of allylic oxidation sites excluding steroid dienone is 10. The van der Waals surface area contributed by atoms with Crippen LogP contribution in [-0.2, 0) is 4.79 Å². The SMILES string of the molecule is CN(C)c1ccc(C(=C2C=CC(=N)C=C2)c2ccc(N(C)C)cc2)cc1.CN(C)c1ccc(C(=C2C=CC(=[N+](C)C)C=C2)c2ccc(NC(=O)CCCCC3CCSS3)cc2)cc1. The van der Waals surface area contributed by atoms with Crippen molar-refractivity contribution in [1.29, 1.82) is 5.41 Å². The Morgan fingerprint density at radius 2 is 1.02 bits per heavy atom. The summed E-state index contributed by atoms with van der Waals surface area (Å²) in [4.78, 5) is 18.8. The standard InChI is InChI=1S/C31H37N3OS2.C23H25N3/c1-33(2)27-17-11-24(12-18-27)31(25-13-19-28(20-14-25)34(3)4)23-9-15-26(16-10-23)32-30(35)8-6-5-7-29-21-22-36-37-29;1-25(2)21-13-7-18(8-14-21)23(17-5-11-20(24)12-6-17)19-9-15-22(16-10-19)26(3)4/h9-20,29H,5-8,21-22H2,1-4H3;5-16,24H,1-4H3/p+1. The summed E-state index contributed by atoms with van der Waals surface area (Å²) in [5.41, 5.74) is 15.4. The topological polar surface area (TPSA) is 65.7 Å². The molecule has 1 fully saturated rings. The Labute approximate surface area is 384 Å². The maximum absolute atomic E-state index is 12.5. The normalized spacial score (nSPS) is 15.2. The minimum Gasteiger partial charge on any atom is -0.378 e. The van der Waals surface area contributed by atoms with Crippen LogP contribution in [0.25, 0.3) is 11.1 Å². The third-order valence-corrected chi connectivity index (χ3v) is 14.2. The molecule has 326 valence electrons. The average molecular weight is 876 g/mol. The van der Waals surface area contributed by atoms with Gasteiger partial charge < -0.3 is 25.4 Å². The Balaban J connectivity index is 0.000000223. The van der Waals surface area contributed by atoms with Crippen molar-refractivity contribution in [1.82, 2.24) is 0 Å². The number of carbonyl (C=O) groups is 1. The number of nitrogens with zero attached hydrogens (tertiary/aromatic N) is 4. The van der Waals surface area contributed by atoms with Gasteiger partial charge in [-0.15, -0.1) is 0 Å². The van der Waals surface area contributed by atoms with Gasteiger partial charge in [-0.3, -0.25) is 4.79 Å². The lowest BCUT2D eigenvalue weighted by Crippen LogP contribution is -2.11. The van der Waals surface area contributed by atoms with Crippen LogP contribution >= 0.6 is 21.6 Å². The molecule has 3 aliphatic rings. The van der Waals surface area contributed by atoms with Gasteiger partial charge >= 0.3 is 0 Å². The maximum atomic E-state index is 12.5. The number of unbranched alkanes of at least 4 members (excludes halogenated alkanes) is 1. The van der Waals surface area contributed by atoms with E-state index >= 15 is 0 Å². The molecule has 0 saturated carbocycles. The van der Waals surface area contributed by atoms with Crippen LogP contribution in [0.1, 0.15) is 54.4 Å². The maximum Gasteiger partial charge on any atom is 0.224 e. The van der Waals surface area contributed by atoms with E-state index in [9.17, 15) is 4.79 Å². The summed E-state index contributed by atoms with van der Waals surface area (Å²) in [5, 5.41) is 11.6. The first-order valence-corrected chi connectivity index (χ1v) is 24.1. The molecule has 0 radical (unpaired) electrons. The first-order valence-electron chi connectivity index (χ1n) is 21.7. The molecule has 1 heterocycles. The lowest BCUT2D eigenvalue weighted by Gasteiger charge is -2.18. The highest BCUT2D eigenvalue weighted by Crippen LogP contribution is 2.40. The van der Waals surface area contributed by atoms with Crippen molar-refractivity contribution < 1.29 is 9.37 Å². The number of carbonyl (C=O) groups excluding carboxylic acids is 1. The Morgan fingerprint density at radius 3 is 1.40 bits per heavy atom. The Bertz CT molecular complexity index is 2330. The molecule has 0 spiro atoms. The molecule has 1 unspecified atom stereocenters. The van der Waals surface area contributed by atoms with Crippen LogP contribution in [0.15, 0.2) is 157 Å². The van der Waals surface area contributed by atoms with Crippen molar-refractivity contribution in [2.24, 2.45) is 0 Å². The highest BCUT2D eigenvalue weighted by atomic mass is 33.1. The van der Waals surface area contributed by atoms with Crippen molar-refractivity contribution in [3.8, 4) is 0 Å². The van der Waals surface area contributed by atoms with Gasteiger partial charge in [0.2, 0.25) is 5.91 Å². The van der Waals surface area contributed by atoms with Crippen molar-refractivity contribution in [3.63, 3.8) is 0 Å². The number of rotatable bonds is 13. The van der Waals surface area contributed by atoms with Gasteiger partial charge in [-0.1, -0.05) is 88.7 Å². The molecule has 1 aliphatic heterocycles. The zero-order chi connectivity index (χ0) is 44.9. The first kappa shape index (κ1) is 46.7. The van der Waals surface area contributed by atoms with E-state index in [-0.39, 0.29) is 5.91 Å². The third kappa shape index (κ3) is 13.1. The van der Waals surface area contributed by atoms with Crippen LogP contribution in [0.3, 0.4) is 0 Å². The fourth-order valence-electron chi connectivity index (χ4n) is 7.51. The molecule has 4 aromatic carbocycles. The van der Waals surface area contributed by atoms with Crippen LogP contribution < -0.4 is 20.0 Å². The number of anilines is 4. The van der Waals surface area contributed by atoms with E-state index in [1.165, 1.54) is 74.8 Å². The highest BCUT2D eigenvalue weighted by molar-refractivity contribution is 8.77. The van der Waals surface area contributed by atoms with Gasteiger partial charge in [0.15, 0.2) is 5.71 Å². The highest BCUT2D eigenvalue weighted by Gasteiger charge is 2.17. The lowest BCUT2D eigenvalue weighted by atomic mass is 9.90. The van der Waals surface area contributed by atoms with E-state index in [4.69, 9.17) is 5.41 Å². The van der Waals surface area contributed by atoms with Crippen molar-refractivity contribution in [3.05, 3.63) is 179 Å². The van der Waals surface area contributed by atoms with Gasteiger partial charge in [0.05, 0.1) is 5.71 Å². The molecule has 9 heteroatoms. The fraction of sp³-hybridized carbons (Fsp3) is 0.278. The van der Waals surface area contributed by atoms with E-state index in [2.05, 4.69) is 162 Å². The number of hydrogen-bond acceptors (Lipinski definition) is 7. The quantitative estimate of drug-likeness (QED) is 0.0792. The number of nitrogens with one attached hydrogen (secondary N) is 2. The second kappa shape index (κ2) is 22.5. The first-order chi connectivity index (χ1) is 30.4. The fourth-order valence-corrected chi connectivity index (χ4v) is 10.5. The van der Waals surface area contributed by atoms with E-state index in [0.717, 1.165) is 34.9 Å². The molecule has 2 aliphatic carbocycles. The van der Waals surface area contributed by atoms with E-state index in [0.29, 0.717) is 12.1 Å². The molecule has 0 bridgehead atoms. The summed E-state index contributed by atoms with van der Waals surface area (Å²) in [6, 6.07) is 34.2.